The van der Waals surface area contributed by atoms with Crippen LogP contribution in [-0.4, -0.2) is 64.8 Å². The molecule has 2 aromatic carbocycles. The molecular weight excluding hydrogens is 466 g/mol. The van der Waals surface area contributed by atoms with E-state index in [-0.39, 0.29) is 13.3 Å². The van der Waals surface area contributed by atoms with E-state index in [0.29, 0.717) is 36.7 Å². The maximum absolute atomic E-state index is 13.6. The van der Waals surface area contributed by atoms with E-state index >= 15 is 0 Å². The molecule has 0 amide bonds. The smallest absolute Gasteiger partial charge is 0.419 e. The second-order valence-electron chi connectivity index (χ2n) is 7.96. The minimum atomic E-state index is -5.01. The van der Waals surface area contributed by atoms with Crippen LogP contribution in [0.15, 0.2) is 41.3 Å². The molecule has 7 nitrogen and oxygen atoms in total. The lowest BCUT2D eigenvalue weighted by Crippen LogP contribution is -2.48. The van der Waals surface area contributed by atoms with Gasteiger partial charge in [-0.1, -0.05) is 6.07 Å². The van der Waals surface area contributed by atoms with Crippen LogP contribution in [0, 0.1) is 5.82 Å². The van der Waals surface area contributed by atoms with Gasteiger partial charge in [-0.25, -0.2) is 17.5 Å². The summed E-state index contributed by atoms with van der Waals surface area (Å²) in [6, 6.07) is 6.56. The highest BCUT2D eigenvalue weighted by atomic mass is 32.2. The minimum absolute atomic E-state index is 0.0928. The second-order valence-corrected chi connectivity index (χ2v) is 9.73. The van der Waals surface area contributed by atoms with Crippen molar-refractivity contribution in [3.63, 3.8) is 0 Å². The molecule has 33 heavy (non-hydrogen) atoms. The monoisotopic (exact) mass is 489 g/mol. The molecule has 180 valence electrons. The third-order valence-electron chi connectivity index (χ3n) is 5.78. The van der Waals surface area contributed by atoms with E-state index in [2.05, 4.69) is 14.5 Å². The number of rotatable bonds is 6. The van der Waals surface area contributed by atoms with Gasteiger partial charge in [-0.2, -0.15) is 13.2 Å². The zero-order valence-electron chi connectivity index (χ0n) is 17.7. The van der Waals surface area contributed by atoms with Crippen LogP contribution in [0.3, 0.4) is 0 Å². The average molecular weight is 489 g/mol. The van der Waals surface area contributed by atoms with Crippen molar-refractivity contribution in [2.45, 2.75) is 17.1 Å². The molecule has 1 N–H and O–H groups in total. The molecule has 0 spiro atoms. The number of halogens is 4. The van der Waals surface area contributed by atoms with Gasteiger partial charge in [0.15, 0.2) is 11.5 Å². The van der Waals surface area contributed by atoms with Crippen molar-refractivity contribution in [2.24, 2.45) is 0 Å². The molecule has 1 saturated heterocycles. The van der Waals surface area contributed by atoms with E-state index in [1.807, 2.05) is 13.1 Å². The van der Waals surface area contributed by atoms with Gasteiger partial charge in [-0.05, 0) is 42.9 Å². The van der Waals surface area contributed by atoms with E-state index in [1.165, 1.54) is 0 Å². The highest BCUT2D eigenvalue weighted by Gasteiger charge is 2.35. The summed E-state index contributed by atoms with van der Waals surface area (Å²) in [5.41, 5.74) is -0.849. The van der Waals surface area contributed by atoms with E-state index in [1.54, 1.807) is 12.1 Å². The molecule has 0 bridgehead atoms. The Balaban J connectivity index is 1.59. The Kier molecular flexibility index (Phi) is 6.54. The molecule has 0 radical (unpaired) electrons. The molecule has 0 unspecified atom stereocenters. The zero-order chi connectivity index (χ0) is 23.8. The van der Waals surface area contributed by atoms with Crippen molar-refractivity contribution in [3.05, 3.63) is 53.3 Å². The van der Waals surface area contributed by atoms with Crippen LogP contribution < -0.4 is 14.2 Å². The molecule has 0 aliphatic carbocycles. The number of ether oxygens (including phenoxy) is 2. The summed E-state index contributed by atoms with van der Waals surface area (Å²) < 4.78 is 91.5. The Labute approximate surface area is 188 Å². The first kappa shape index (κ1) is 23.7. The van der Waals surface area contributed by atoms with Crippen molar-refractivity contribution in [2.75, 3.05) is 46.6 Å². The van der Waals surface area contributed by atoms with Gasteiger partial charge in [0.25, 0.3) is 0 Å². The van der Waals surface area contributed by atoms with Crippen LogP contribution in [-0.2, 0) is 16.2 Å². The largest absolute Gasteiger partial charge is 0.454 e. The van der Waals surface area contributed by atoms with Crippen molar-refractivity contribution in [1.29, 1.82) is 0 Å². The quantitative estimate of drug-likeness (QED) is 0.630. The average Bonchev–Trinajstić information content (AvgIpc) is 3.22. The molecule has 2 aromatic rings. The molecule has 1 atom stereocenters. The third-order valence-corrected chi connectivity index (χ3v) is 7.20. The Hall–Kier alpha value is -2.41. The summed E-state index contributed by atoms with van der Waals surface area (Å²) in [5, 5.41) is 0. The number of alkyl halides is 3. The van der Waals surface area contributed by atoms with Gasteiger partial charge in [-0.3, -0.25) is 4.90 Å². The molecule has 4 rings (SSSR count). The fraction of sp³-hybridized carbons (Fsp3) is 0.429. The van der Waals surface area contributed by atoms with Gasteiger partial charge in [0.05, 0.1) is 10.5 Å². The van der Waals surface area contributed by atoms with Crippen LogP contribution in [0.1, 0.15) is 17.2 Å². The number of likely N-dealkylation sites (N-methyl/N-ethyl adjacent to an activating group) is 1. The normalized spacial score (nSPS) is 18.5. The Bertz CT molecular complexity index is 1120. The Morgan fingerprint density at radius 3 is 2.42 bits per heavy atom. The van der Waals surface area contributed by atoms with Crippen LogP contribution in [0.25, 0.3) is 0 Å². The van der Waals surface area contributed by atoms with Gasteiger partial charge >= 0.3 is 6.18 Å². The van der Waals surface area contributed by atoms with Crippen LogP contribution in [0.4, 0.5) is 17.6 Å². The predicted octanol–water partition coefficient (Wildman–Crippen LogP) is 2.84. The van der Waals surface area contributed by atoms with Crippen molar-refractivity contribution >= 4 is 10.0 Å². The predicted molar refractivity (Wildman–Crippen MR) is 111 cm³/mol. The number of nitrogens with zero attached hydrogens (tertiary/aromatic N) is 2. The van der Waals surface area contributed by atoms with Crippen molar-refractivity contribution in [3.8, 4) is 11.5 Å². The van der Waals surface area contributed by atoms with Gasteiger partial charge in [0, 0.05) is 38.8 Å². The maximum Gasteiger partial charge on any atom is 0.419 e. The highest BCUT2D eigenvalue weighted by molar-refractivity contribution is 7.89. The first-order valence-corrected chi connectivity index (χ1v) is 11.7. The molecule has 2 heterocycles. The summed E-state index contributed by atoms with van der Waals surface area (Å²) in [6.07, 6.45) is -5.01. The highest BCUT2D eigenvalue weighted by Crippen LogP contribution is 2.36. The molecular formula is C21H23F4N3O4S. The van der Waals surface area contributed by atoms with Crippen LogP contribution in [0.2, 0.25) is 0 Å². The number of piperazine rings is 1. The third kappa shape index (κ3) is 5.24. The number of hydrogen-bond donors (Lipinski definition) is 1. The number of fused-ring (bicyclic) bond motifs is 1. The van der Waals surface area contributed by atoms with E-state index in [0.717, 1.165) is 24.7 Å². The number of nitrogens with one attached hydrogen (secondary N) is 1. The standard InChI is InChI=1S/C21H23F4N3O4S/c1-27-6-8-28(9-7-27)18(14-2-5-19-20(10-14)32-13-31-19)12-26-33(29,30)15-3-4-17(22)16(11-15)21(23,24)25/h2-5,10-11,18,26H,6-9,12-13H2,1H3/t18-/m1/s1. The fourth-order valence-electron chi connectivity index (χ4n) is 3.87. The molecule has 12 heteroatoms. The fourth-order valence-corrected chi connectivity index (χ4v) is 4.94. The van der Waals surface area contributed by atoms with Gasteiger partial charge < -0.3 is 14.4 Å². The van der Waals surface area contributed by atoms with E-state index in [4.69, 9.17) is 9.47 Å². The van der Waals surface area contributed by atoms with Crippen LogP contribution >= 0.6 is 0 Å². The molecule has 2 aliphatic heterocycles. The Morgan fingerprint density at radius 2 is 1.73 bits per heavy atom. The second kappa shape index (κ2) is 9.09. The summed E-state index contributed by atoms with van der Waals surface area (Å²) >= 11 is 0. The lowest BCUT2D eigenvalue weighted by molar-refractivity contribution is -0.140. The SMILES string of the molecule is CN1CCN([C@H](CNS(=O)(=O)c2ccc(F)c(C(F)(F)F)c2)c2ccc3c(c2)OCO3)CC1. The lowest BCUT2D eigenvalue weighted by Gasteiger charge is -2.38. The zero-order valence-corrected chi connectivity index (χ0v) is 18.5. The van der Waals surface area contributed by atoms with Gasteiger partial charge in [-0.15, -0.1) is 0 Å². The first-order chi connectivity index (χ1) is 15.5. The van der Waals surface area contributed by atoms with E-state index < -0.39 is 38.5 Å². The number of hydrogen-bond acceptors (Lipinski definition) is 6. The van der Waals surface area contributed by atoms with Crippen molar-refractivity contribution in [1.82, 2.24) is 14.5 Å². The van der Waals surface area contributed by atoms with Gasteiger partial charge in [0.2, 0.25) is 16.8 Å². The first-order valence-electron chi connectivity index (χ1n) is 10.2. The summed E-state index contributed by atoms with van der Waals surface area (Å²) in [5.74, 6) is -0.401. The summed E-state index contributed by atoms with van der Waals surface area (Å²) in [7, 11) is -2.35. The lowest BCUT2D eigenvalue weighted by atomic mass is 10.0. The molecule has 1 fully saturated rings. The number of sulfonamides is 1. The summed E-state index contributed by atoms with van der Waals surface area (Å²) in [6.45, 7) is 2.90. The molecule has 2 aliphatic rings. The van der Waals surface area contributed by atoms with Crippen molar-refractivity contribution < 1.29 is 35.5 Å². The van der Waals surface area contributed by atoms with Gasteiger partial charge in [0.1, 0.15) is 5.82 Å². The maximum atomic E-state index is 13.6. The summed E-state index contributed by atoms with van der Waals surface area (Å²) in [4.78, 5) is 3.60. The van der Waals surface area contributed by atoms with Crippen LogP contribution in [0.5, 0.6) is 11.5 Å². The topological polar surface area (TPSA) is 71.1 Å². The van der Waals surface area contributed by atoms with E-state index in [9.17, 15) is 26.0 Å². The minimum Gasteiger partial charge on any atom is -0.454 e. The number of benzene rings is 2. The molecule has 0 saturated carbocycles. The molecule has 0 aromatic heterocycles. The Morgan fingerprint density at radius 1 is 1.03 bits per heavy atom.